The van der Waals surface area contributed by atoms with Crippen LogP contribution >= 0.6 is 0 Å². The second-order valence-electron chi connectivity index (χ2n) is 8.00. The van der Waals surface area contributed by atoms with E-state index in [-0.39, 0.29) is 11.2 Å². The number of hydrogen-bond donors (Lipinski definition) is 2. The molecule has 1 aliphatic rings. The quantitative estimate of drug-likeness (QED) is 0.478. The van der Waals surface area contributed by atoms with E-state index < -0.39 is 14.6 Å². The lowest BCUT2D eigenvalue weighted by Crippen LogP contribution is -2.42. The van der Waals surface area contributed by atoms with Crippen molar-refractivity contribution < 1.29 is 13.2 Å². The van der Waals surface area contributed by atoms with Gasteiger partial charge in [0.05, 0.1) is 10.5 Å². The minimum Gasteiger partial charge on any atom is -0.385 e. The fraction of sp³-hybridized carbons (Fsp3) is 0.944. The molecule has 1 saturated carbocycles. The van der Waals surface area contributed by atoms with Gasteiger partial charge in [0, 0.05) is 33.4 Å². The van der Waals surface area contributed by atoms with Crippen LogP contribution in [0.3, 0.4) is 0 Å². The minimum atomic E-state index is -3.12. The van der Waals surface area contributed by atoms with Crippen LogP contribution in [0.25, 0.3) is 0 Å². The summed E-state index contributed by atoms with van der Waals surface area (Å²) in [6, 6.07) is 0. The highest BCUT2D eigenvalue weighted by Gasteiger charge is 2.33. The maximum Gasteiger partial charge on any atom is 0.191 e. The van der Waals surface area contributed by atoms with Gasteiger partial charge in [-0.1, -0.05) is 12.8 Å². The van der Waals surface area contributed by atoms with Crippen LogP contribution < -0.4 is 10.6 Å². The zero-order chi connectivity index (χ0) is 19.0. The molecule has 6 nitrogen and oxygen atoms in total. The molecule has 0 unspecified atom stereocenters. The number of sulfone groups is 1. The fourth-order valence-electron chi connectivity index (χ4n) is 3.13. The molecular weight excluding hydrogens is 338 g/mol. The average molecular weight is 376 g/mol. The first kappa shape index (κ1) is 22.2. The van der Waals surface area contributed by atoms with Crippen LogP contribution in [0.1, 0.15) is 59.8 Å². The van der Waals surface area contributed by atoms with Gasteiger partial charge in [0.25, 0.3) is 0 Å². The van der Waals surface area contributed by atoms with Crippen LogP contribution in [0.4, 0.5) is 0 Å². The summed E-state index contributed by atoms with van der Waals surface area (Å²) >= 11 is 0. The van der Waals surface area contributed by atoms with Gasteiger partial charge in [-0.15, -0.1) is 0 Å². The molecule has 0 amide bonds. The highest BCUT2D eigenvalue weighted by Crippen LogP contribution is 2.41. The summed E-state index contributed by atoms with van der Waals surface area (Å²) in [4.78, 5) is 4.75. The van der Waals surface area contributed by atoms with Crippen LogP contribution in [0.5, 0.6) is 0 Å². The third kappa shape index (κ3) is 7.13. The Kier molecular flexibility index (Phi) is 8.68. The van der Waals surface area contributed by atoms with Crippen molar-refractivity contribution in [1.82, 2.24) is 10.6 Å². The normalized spacial score (nSPS) is 18.4. The Morgan fingerprint density at radius 3 is 2.36 bits per heavy atom. The van der Waals surface area contributed by atoms with Gasteiger partial charge < -0.3 is 15.4 Å². The van der Waals surface area contributed by atoms with Crippen molar-refractivity contribution in [3.05, 3.63) is 0 Å². The molecule has 0 aromatic heterocycles. The van der Waals surface area contributed by atoms with E-state index in [4.69, 9.17) is 9.73 Å². The van der Waals surface area contributed by atoms with Gasteiger partial charge in [0.15, 0.2) is 15.8 Å². The first-order chi connectivity index (χ1) is 11.7. The van der Waals surface area contributed by atoms with Gasteiger partial charge in [0.2, 0.25) is 0 Å². The van der Waals surface area contributed by atoms with Crippen molar-refractivity contribution in [3.8, 4) is 0 Å². The number of hydrogen-bond acceptors (Lipinski definition) is 4. The van der Waals surface area contributed by atoms with Crippen LogP contribution in [0.15, 0.2) is 4.99 Å². The Labute approximate surface area is 154 Å². The molecule has 2 N–H and O–H groups in total. The summed E-state index contributed by atoms with van der Waals surface area (Å²) < 4.78 is 29.0. The molecule has 0 radical (unpaired) electrons. The van der Waals surface area contributed by atoms with E-state index in [1.807, 2.05) is 6.92 Å². The molecule has 1 fully saturated rings. The van der Waals surface area contributed by atoms with Crippen molar-refractivity contribution in [2.75, 3.05) is 39.1 Å². The molecule has 0 aromatic rings. The summed E-state index contributed by atoms with van der Waals surface area (Å²) in [6.45, 7) is 9.88. The van der Waals surface area contributed by atoms with E-state index in [1.54, 1.807) is 27.9 Å². The molecule has 7 heteroatoms. The van der Waals surface area contributed by atoms with E-state index in [0.29, 0.717) is 12.5 Å². The molecule has 0 bridgehead atoms. The van der Waals surface area contributed by atoms with E-state index >= 15 is 0 Å². The maximum atomic E-state index is 12.2. The number of nitrogens with one attached hydrogen (secondary N) is 2. The van der Waals surface area contributed by atoms with Gasteiger partial charge in [-0.25, -0.2) is 8.42 Å². The zero-order valence-electron chi connectivity index (χ0n) is 16.7. The minimum absolute atomic E-state index is 0.107. The van der Waals surface area contributed by atoms with Gasteiger partial charge in [-0.2, -0.15) is 0 Å². The monoisotopic (exact) mass is 375 g/mol. The molecule has 0 spiro atoms. The Morgan fingerprint density at radius 2 is 1.84 bits per heavy atom. The van der Waals surface area contributed by atoms with Crippen LogP contribution in [0, 0.1) is 5.41 Å². The lowest BCUT2D eigenvalue weighted by Gasteiger charge is -2.27. The van der Waals surface area contributed by atoms with Crippen molar-refractivity contribution in [2.24, 2.45) is 10.4 Å². The van der Waals surface area contributed by atoms with Gasteiger partial charge in [-0.3, -0.25) is 4.99 Å². The van der Waals surface area contributed by atoms with E-state index in [1.165, 1.54) is 25.7 Å². The number of nitrogens with zero attached hydrogens (tertiary/aromatic N) is 1. The van der Waals surface area contributed by atoms with Crippen molar-refractivity contribution in [3.63, 3.8) is 0 Å². The second kappa shape index (κ2) is 9.76. The summed E-state index contributed by atoms with van der Waals surface area (Å²) in [5.74, 6) is 0.811. The third-order valence-corrected chi connectivity index (χ3v) is 7.62. The van der Waals surface area contributed by atoms with E-state index in [2.05, 4.69) is 10.6 Å². The average Bonchev–Trinajstić information content (AvgIpc) is 2.99. The molecule has 1 aliphatic carbocycles. The maximum absolute atomic E-state index is 12.2. The fourth-order valence-corrected chi connectivity index (χ4v) is 4.11. The first-order valence-corrected chi connectivity index (χ1v) is 11.0. The van der Waals surface area contributed by atoms with E-state index in [0.717, 1.165) is 26.1 Å². The molecule has 148 valence electrons. The Bertz CT molecular complexity index is 518. The molecule has 0 heterocycles. The summed E-state index contributed by atoms with van der Waals surface area (Å²) in [5.41, 5.74) is 0.232. The highest BCUT2D eigenvalue weighted by molar-refractivity contribution is 7.92. The summed E-state index contributed by atoms with van der Waals surface area (Å²) in [7, 11) is -1.38. The summed E-state index contributed by atoms with van der Waals surface area (Å²) in [6.07, 6.45) is 5.93. The zero-order valence-corrected chi connectivity index (χ0v) is 17.5. The Morgan fingerprint density at radius 1 is 1.20 bits per heavy atom. The predicted octanol–water partition coefficient (Wildman–Crippen LogP) is 2.35. The summed E-state index contributed by atoms with van der Waals surface area (Å²) in [5, 5.41) is 6.39. The number of rotatable bonds is 9. The standard InChI is InChI=1S/C18H37N3O3S/c1-6-19-16(20-12-14-25(22,23)17(2,3)4)21-15-18(11-13-24-5)9-7-8-10-18/h6-15H2,1-5H3,(H2,19,20,21). The lowest BCUT2D eigenvalue weighted by molar-refractivity contribution is 0.141. The number of aliphatic imine (C=N–C) groups is 1. The third-order valence-electron chi connectivity index (χ3n) is 5.01. The van der Waals surface area contributed by atoms with Gasteiger partial charge in [-0.05, 0) is 52.4 Å². The van der Waals surface area contributed by atoms with Crippen molar-refractivity contribution >= 4 is 15.8 Å². The Hall–Kier alpha value is -0.820. The molecular formula is C18H37N3O3S. The number of methoxy groups -OCH3 is 1. The molecule has 25 heavy (non-hydrogen) atoms. The first-order valence-electron chi connectivity index (χ1n) is 9.39. The van der Waals surface area contributed by atoms with Crippen LogP contribution in [-0.2, 0) is 14.6 Å². The van der Waals surface area contributed by atoms with Crippen LogP contribution in [0.2, 0.25) is 0 Å². The van der Waals surface area contributed by atoms with Gasteiger partial charge >= 0.3 is 0 Å². The second-order valence-corrected chi connectivity index (χ2v) is 10.9. The predicted molar refractivity (Wildman–Crippen MR) is 105 cm³/mol. The smallest absolute Gasteiger partial charge is 0.191 e. The molecule has 1 rings (SSSR count). The van der Waals surface area contributed by atoms with E-state index in [9.17, 15) is 8.42 Å². The largest absolute Gasteiger partial charge is 0.385 e. The van der Waals surface area contributed by atoms with Crippen molar-refractivity contribution in [2.45, 2.75) is 64.5 Å². The highest BCUT2D eigenvalue weighted by atomic mass is 32.2. The SMILES string of the molecule is CCNC(=NCC1(CCOC)CCCC1)NCCS(=O)(=O)C(C)(C)C. The molecule has 0 aromatic carbocycles. The molecule has 0 saturated heterocycles. The lowest BCUT2D eigenvalue weighted by atomic mass is 9.83. The molecule has 0 atom stereocenters. The van der Waals surface area contributed by atoms with Crippen molar-refractivity contribution in [1.29, 1.82) is 0 Å². The molecule has 0 aliphatic heterocycles. The van der Waals surface area contributed by atoms with Crippen LogP contribution in [-0.4, -0.2) is 58.2 Å². The number of ether oxygens (including phenoxy) is 1. The van der Waals surface area contributed by atoms with Gasteiger partial charge in [0.1, 0.15) is 0 Å². The number of guanidine groups is 1. The topological polar surface area (TPSA) is 79.8 Å². The Balaban J connectivity index is 2.64.